The molecule has 0 aliphatic heterocycles. The highest BCUT2D eigenvalue weighted by Crippen LogP contribution is 2.23. The highest BCUT2D eigenvalue weighted by molar-refractivity contribution is 7.16. The SMILES string of the molecule is CCCn1c(=NC(=O)c2ccc([N+](=O)[O-])o2)sc2cc(OC)ccc21. The molecule has 0 aliphatic carbocycles. The molecule has 0 spiro atoms. The summed E-state index contributed by atoms with van der Waals surface area (Å²) < 4.78 is 13.0. The van der Waals surface area contributed by atoms with Crippen molar-refractivity contribution in [1.29, 1.82) is 0 Å². The first-order chi connectivity index (χ1) is 12.0. The molecule has 3 aromatic rings. The largest absolute Gasteiger partial charge is 0.497 e. The molecule has 0 radical (unpaired) electrons. The molecule has 3 rings (SSSR count). The normalized spacial score (nSPS) is 11.8. The summed E-state index contributed by atoms with van der Waals surface area (Å²) >= 11 is 1.35. The van der Waals surface area contributed by atoms with Gasteiger partial charge in [-0.1, -0.05) is 18.3 Å². The van der Waals surface area contributed by atoms with E-state index in [2.05, 4.69) is 4.99 Å². The summed E-state index contributed by atoms with van der Waals surface area (Å²) in [5.41, 5.74) is 0.949. The molecule has 0 saturated heterocycles. The Hall–Kier alpha value is -2.94. The number of fused-ring (bicyclic) bond motifs is 1. The van der Waals surface area contributed by atoms with Gasteiger partial charge in [-0.15, -0.1) is 0 Å². The lowest BCUT2D eigenvalue weighted by Crippen LogP contribution is -2.16. The molecule has 0 bridgehead atoms. The number of hydrogen-bond acceptors (Lipinski definition) is 6. The number of aryl methyl sites for hydroxylation is 1. The summed E-state index contributed by atoms with van der Waals surface area (Å²) in [5, 5.41) is 10.7. The van der Waals surface area contributed by atoms with Gasteiger partial charge in [-0.25, -0.2) is 0 Å². The van der Waals surface area contributed by atoms with Crippen LogP contribution in [0.5, 0.6) is 5.75 Å². The Kier molecular flexibility index (Phi) is 4.66. The number of amides is 1. The van der Waals surface area contributed by atoms with Gasteiger partial charge in [0, 0.05) is 6.54 Å². The maximum atomic E-state index is 12.3. The molecule has 1 aromatic carbocycles. The molecule has 0 fully saturated rings. The summed E-state index contributed by atoms with van der Waals surface area (Å²) in [6.45, 7) is 2.72. The molecule has 0 atom stereocenters. The third kappa shape index (κ3) is 3.31. The van der Waals surface area contributed by atoms with Crippen molar-refractivity contribution in [3.05, 3.63) is 51.0 Å². The number of nitrogens with zero attached hydrogens (tertiary/aromatic N) is 3. The third-order valence-electron chi connectivity index (χ3n) is 3.52. The van der Waals surface area contributed by atoms with Crippen LogP contribution in [0.3, 0.4) is 0 Å². The van der Waals surface area contributed by atoms with E-state index in [0.717, 1.165) is 28.5 Å². The van der Waals surface area contributed by atoms with Crippen LogP contribution in [0.25, 0.3) is 10.2 Å². The Morgan fingerprint density at radius 3 is 2.84 bits per heavy atom. The van der Waals surface area contributed by atoms with Crippen LogP contribution >= 0.6 is 11.3 Å². The van der Waals surface area contributed by atoms with Crippen molar-refractivity contribution in [3.8, 4) is 5.75 Å². The Labute approximate surface area is 146 Å². The topological polar surface area (TPSA) is 99.9 Å². The maximum absolute atomic E-state index is 12.3. The number of hydrogen-bond donors (Lipinski definition) is 0. The predicted octanol–water partition coefficient (Wildman–Crippen LogP) is 3.36. The average molecular weight is 361 g/mol. The van der Waals surface area contributed by atoms with Crippen molar-refractivity contribution in [3.63, 3.8) is 0 Å². The van der Waals surface area contributed by atoms with Crippen LogP contribution in [-0.4, -0.2) is 22.5 Å². The van der Waals surface area contributed by atoms with E-state index < -0.39 is 16.7 Å². The molecule has 130 valence electrons. The van der Waals surface area contributed by atoms with Gasteiger partial charge in [0.15, 0.2) is 4.80 Å². The van der Waals surface area contributed by atoms with Gasteiger partial charge in [0.2, 0.25) is 5.76 Å². The number of ether oxygens (including phenoxy) is 1. The Morgan fingerprint density at radius 1 is 1.40 bits per heavy atom. The van der Waals surface area contributed by atoms with Gasteiger partial charge < -0.3 is 13.7 Å². The lowest BCUT2D eigenvalue weighted by molar-refractivity contribution is -0.402. The number of thiazole rings is 1. The van der Waals surface area contributed by atoms with Crippen molar-refractivity contribution >= 4 is 33.3 Å². The Morgan fingerprint density at radius 2 is 2.20 bits per heavy atom. The molecular weight excluding hydrogens is 346 g/mol. The van der Waals surface area contributed by atoms with Gasteiger partial charge >= 0.3 is 11.8 Å². The smallest absolute Gasteiger partial charge is 0.433 e. The van der Waals surface area contributed by atoms with Gasteiger partial charge in [-0.2, -0.15) is 4.99 Å². The number of benzene rings is 1. The lowest BCUT2D eigenvalue weighted by Gasteiger charge is -2.03. The van der Waals surface area contributed by atoms with Crippen molar-refractivity contribution in [1.82, 2.24) is 4.57 Å². The van der Waals surface area contributed by atoms with Crippen molar-refractivity contribution in [2.75, 3.05) is 7.11 Å². The van der Waals surface area contributed by atoms with E-state index >= 15 is 0 Å². The van der Waals surface area contributed by atoms with Gasteiger partial charge in [-0.3, -0.25) is 14.9 Å². The zero-order valence-electron chi connectivity index (χ0n) is 13.6. The fourth-order valence-corrected chi connectivity index (χ4v) is 3.47. The second kappa shape index (κ2) is 6.89. The summed E-state index contributed by atoms with van der Waals surface area (Å²) in [4.78, 5) is 26.9. The van der Waals surface area contributed by atoms with Crippen LogP contribution in [0.2, 0.25) is 0 Å². The summed E-state index contributed by atoms with van der Waals surface area (Å²) in [5.74, 6) is -0.584. The van der Waals surface area contributed by atoms with E-state index in [-0.39, 0.29) is 5.76 Å². The first-order valence-electron chi connectivity index (χ1n) is 7.54. The van der Waals surface area contributed by atoms with Crippen LogP contribution in [0, 0.1) is 10.1 Å². The van der Waals surface area contributed by atoms with Crippen molar-refractivity contribution < 1.29 is 18.9 Å². The maximum Gasteiger partial charge on any atom is 0.433 e. The number of furan rings is 1. The molecular formula is C16H15N3O5S. The summed E-state index contributed by atoms with van der Waals surface area (Å²) in [6, 6.07) is 8.04. The van der Waals surface area contributed by atoms with Crippen LogP contribution < -0.4 is 9.54 Å². The summed E-state index contributed by atoms with van der Waals surface area (Å²) in [7, 11) is 1.59. The molecule has 0 N–H and O–H groups in total. The first-order valence-corrected chi connectivity index (χ1v) is 8.35. The van der Waals surface area contributed by atoms with Crippen LogP contribution in [0.4, 0.5) is 5.88 Å². The van der Waals surface area contributed by atoms with Crippen LogP contribution in [-0.2, 0) is 6.54 Å². The van der Waals surface area contributed by atoms with Gasteiger partial charge in [-0.05, 0) is 30.7 Å². The van der Waals surface area contributed by atoms with Crippen LogP contribution in [0.15, 0.2) is 39.7 Å². The molecule has 25 heavy (non-hydrogen) atoms. The minimum atomic E-state index is -0.695. The standard InChI is InChI=1S/C16H15N3O5S/c1-3-8-18-11-5-4-10(23-2)9-13(11)25-16(18)17-15(20)12-6-7-14(24-12)19(21)22/h4-7,9H,3,8H2,1-2H3. The minimum Gasteiger partial charge on any atom is -0.497 e. The highest BCUT2D eigenvalue weighted by atomic mass is 32.1. The molecule has 9 heteroatoms. The molecule has 1 amide bonds. The second-order valence-corrected chi connectivity index (χ2v) is 6.19. The fraction of sp³-hybridized carbons (Fsp3) is 0.250. The van der Waals surface area contributed by atoms with E-state index in [9.17, 15) is 14.9 Å². The number of methoxy groups -OCH3 is 1. The van der Waals surface area contributed by atoms with Crippen molar-refractivity contribution in [2.45, 2.75) is 19.9 Å². The molecule has 2 heterocycles. The first kappa shape index (κ1) is 16.9. The summed E-state index contributed by atoms with van der Waals surface area (Å²) in [6.07, 6.45) is 0.867. The minimum absolute atomic E-state index is 0.162. The second-order valence-electron chi connectivity index (χ2n) is 5.18. The van der Waals surface area contributed by atoms with E-state index in [1.165, 1.54) is 17.4 Å². The fourth-order valence-electron chi connectivity index (χ4n) is 2.39. The molecule has 0 saturated carbocycles. The van der Waals surface area contributed by atoms with Crippen molar-refractivity contribution in [2.24, 2.45) is 4.99 Å². The lowest BCUT2D eigenvalue weighted by atomic mass is 10.3. The average Bonchev–Trinajstić information content (AvgIpc) is 3.20. The number of carbonyl (C=O) groups is 1. The quantitative estimate of drug-likeness (QED) is 0.512. The van der Waals surface area contributed by atoms with Crippen LogP contribution in [0.1, 0.15) is 23.9 Å². The molecule has 2 aromatic heterocycles. The number of carbonyl (C=O) groups excluding carboxylic acids is 1. The molecule has 0 aliphatic rings. The highest BCUT2D eigenvalue weighted by Gasteiger charge is 2.17. The zero-order chi connectivity index (χ0) is 18.0. The Bertz CT molecular complexity index is 1010. The van der Waals surface area contributed by atoms with E-state index in [1.807, 2.05) is 29.7 Å². The van der Waals surface area contributed by atoms with Gasteiger partial charge in [0.05, 0.1) is 23.4 Å². The predicted molar refractivity (Wildman–Crippen MR) is 91.9 cm³/mol. The molecule has 0 unspecified atom stereocenters. The Balaban J connectivity index is 2.08. The monoisotopic (exact) mass is 361 g/mol. The van der Waals surface area contributed by atoms with E-state index in [4.69, 9.17) is 9.15 Å². The third-order valence-corrected chi connectivity index (χ3v) is 4.56. The van der Waals surface area contributed by atoms with E-state index in [0.29, 0.717) is 11.3 Å². The van der Waals surface area contributed by atoms with Gasteiger partial charge in [0.25, 0.3) is 0 Å². The number of nitro groups is 1. The van der Waals surface area contributed by atoms with E-state index in [1.54, 1.807) is 7.11 Å². The molecule has 8 nitrogen and oxygen atoms in total. The van der Waals surface area contributed by atoms with Gasteiger partial charge in [0.1, 0.15) is 10.7 Å². The zero-order valence-corrected chi connectivity index (χ0v) is 14.4. The number of rotatable bonds is 5. The number of aromatic nitrogens is 1.